The van der Waals surface area contributed by atoms with Gasteiger partial charge in [-0.3, -0.25) is 9.69 Å². The van der Waals surface area contributed by atoms with E-state index in [2.05, 4.69) is 0 Å². The van der Waals surface area contributed by atoms with Crippen molar-refractivity contribution in [1.29, 1.82) is 0 Å². The van der Waals surface area contributed by atoms with Crippen molar-refractivity contribution in [2.24, 2.45) is 5.73 Å². The minimum absolute atomic E-state index is 0.0892. The molecule has 1 heterocycles. The fourth-order valence-corrected chi connectivity index (χ4v) is 2.30. The molecule has 1 aliphatic rings. The number of carboxylic acids is 1. The van der Waals surface area contributed by atoms with E-state index in [1.165, 1.54) is 7.11 Å². The number of likely N-dealkylation sites (tertiary alicyclic amines) is 1. The number of rotatable bonds is 4. The summed E-state index contributed by atoms with van der Waals surface area (Å²) in [5.74, 6) is -0.460. The SMILES string of the molecule is COc1cc(CN2CCC(N)(C(=O)O)C2)ccc1O. The number of hydrogen-bond donors (Lipinski definition) is 3. The molecule has 6 heteroatoms. The monoisotopic (exact) mass is 266 g/mol. The number of nitrogens with zero attached hydrogens (tertiary/aromatic N) is 1. The molecule has 1 aromatic carbocycles. The average Bonchev–Trinajstić information content (AvgIpc) is 2.75. The first-order valence-electron chi connectivity index (χ1n) is 6.05. The standard InChI is InChI=1S/C13H18N2O4/c1-19-11-6-9(2-3-10(11)16)7-15-5-4-13(14,8-15)12(17)18/h2-3,6,16H,4-5,7-8,14H2,1H3,(H,17,18). The first-order chi connectivity index (χ1) is 8.94. The van der Waals surface area contributed by atoms with E-state index in [4.69, 9.17) is 15.6 Å². The highest BCUT2D eigenvalue weighted by atomic mass is 16.5. The number of carboxylic acid groups (broad SMARTS) is 1. The molecule has 104 valence electrons. The minimum atomic E-state index is -1.15. The van der Waals surface area contributed by atoms with E-state index in [1.807, 2.05) is 4.90 Å². The van der Waals surface area contributed by atoms with Crippen LogP contribution in [0.1, 0.15) is 12.0 Å². The second-order valence-electron chi connectivity index (χ2n) is 4.93. The number of nitrogens with two attached hydrogens (primary N) is 1. The Labute approximate surface area is 111 Å². The summed E-state index contributed by atoms with van der Waals surface area (Å²) in [7, 11) is 1.49. The zero-order chi connectivity index (χ0) is 14.0. The van der Waals surface area contributed by atoms with Gasteiger partial charge in [0.1, 0.15) is 5.54 Å². The second-order valence-corrected chi connectivity index (χ2v) is 4.93. The van der Waals surface area contributed by atoms with Crippen molar-refractivity contribution in [2.45, 2.75) is 18.5 Å². The predicted octanol–water partition coefficient (Wildman–Crippen LogP) is 0.389. The minimum Gasteiger partial charge on any atom is -0.504 e. The lowest BCUT2D eigenvalue weighted by molar-refractivity contribution is -0.142. The quantitative estimate of drug-likeness (QED) is 0.729. The number of carbonyl (C=O) groups is 1. The molecular formula is C13H18N2O4. The Morgan fingerprint density at radius 2 is 2.32 bits per heavy atom. The number of ether oxygens (including phenoxy) is 1. The van der Waals surface area contributed by atoms with Gasteiger partial charge in [0.2, 0.25) is 0 Å². The number of phenolic OH excluding ortho intramolecular Hbond substituents is 1. The first kappa shape index (κ1) is 13.6. The fourth-order valence-electron chi connectivity index (χ4n) is 2.30. The van der Waals surface area contributed by atoms with E-state index >= 15 is 0 Å². The van der Waals surface area contributed by atoms with Gasteiger partial charge in [-0.05, 0) is 24.1 Å². The first-order valence-corrected chi connectivity index (χ1v) is 6.05. The summed E-state index contributed by atoms with van der Waals surface area (Å²) in [6, 6.07) is 5.10. The lowest BCUT2D eigenvalue weighted by atomic mass is 10.0. The van der Waals surface area contributed by atoms with Gasteiger partial charge >= 0.3 is 5.97 Å². The third kappa shape index (κ3) is 2.80. The van der Waals surface area contributed by atoms with E-state index < -0.39 is 11.5 Å². The molecule has 1 aromatic rings. The molecule has 1 atom stereocenters. The molecule has 1 unspecified atom stereocenters. The number of aliphatic carboxylic acids is 1. The Morgan fingerprint density at radius 1 is 1.58 bits per heavy atom. The molecule has 0 amide bonds. The van der Waals surface area contributed by atoms with Crippen LogP contribution in [-0.4, -0.2) is 46.8 Å². The second kappa shape index (κ2) is 5.07. The zero-order valence-corrected chi connectivity index (χ0v) is 10.8. The molecule has 0 spiro atoms. The maximum atomic E-state index is 11.1. The summed E-state index contributed by atoms with van der Waals surface area (Å²) in [6.45, 7) is 1.56. The van der Waals surface area contributed by atoms with Gasteiger partial charge in [-0.25, -0.2) is 0 Å². The molecule has 6 nitrogen and oxygen atoms in total. The van der Waals surface area contributed by atoms with Crippen LogP contribution in [0.2, 0.25) is 0 Å². The Balaban J connectivity index is 2.05. The fraction of sp³-hybridized carbons (Fsp3) is 0.462. The molecule has 0 radical (unpaired) electrons. The van der Waals surface area contributed by atoms with Crippen LogP contribution in [0, 0.1) is 0 Å². The van der Waals surface area contributed by atoms with Crippen LogP contribution >= 0.6 is 0 Å². The Morgan fingerprint density at radius 3 is 2.89 bits per heavy atom. The molecule has 19 heavy (non-hydrogen) atoms. The van der Waals surface area contributed by atoms with Crippen molar-refractivity contribution < 1.29 is 19.7 Å². The Bertz CT molecular complexity index is 492. The summed E-state index contributed by atoms with van der Waals surface area (Å²) >= 11 is 0. The van der Waals surface area contributed by atoms with Gasteiger partial charge < -0.3 is 20.7 Å². The number of methoxy groups -OCH3 is 1. The summed E-state index contributed by atoms with van der Waals surface area (Å²) in [4.78, 5) is 13.0. The number of phenols is 1. The van der Waals surface area contributed by atoms with Crippen molar-refractivity contribution in [3.63, 3.8) is 0 Å². The van der Waals surface area contributed by atoms with Crippen molar-refractivity contribution in [2.75, 3.05) is 20.2 Å². The van der Waals surface area contributed by atoms with Crippen molar-refractivity contribution in [3.05, 3.63) is 23.8 Å². The van der Waals surface area contributed by atoms with E-state index in [-0.39, 0.29) is 5.75 Å². The van der Waals surface area contributed by atoms with Crippen LogP contribution in [0.3, 0.4) is 0 Å². The van der Waals surface area contributed by atoms with Gasteiger partial charge in [-0.15, -0.1) is 0 Å². The Hall–Kier alpha value is -1.79. The summed E-state index contributed by atoms with van der Waals surface area (Å²) in [5.41, 5.74) is 5.62. The van der Waals surface area contributed by atoms with Crippen molar-refractivity contribution in [1.82, 2.24) is 4.90 Å². The van der Waals surface area contributed by atoms with Crippen LogP contribution in [0.25, 0.3) is 0 Å². The van der Waals surface area contributed by atoms with E-state index in [0.29, 0.717) is 31.8 Å². The van der Waals surface area contributed by atoms with Gasteiger partial charge in [0.15, 0.2) is 11.5 Å². The number of hydrogen-bond acceptors (Lipinski definition) is 5. The molecule has 1 fully saturated rings. The maximum Gasteiger partial charge on any atom is 0.325 e. The van der Waals surface area contributed by atoms with Crippen LogP contribution in [0.4, 0.5) is 0 Å². The largest absolute Gasteiger partial charge is 0.504 e. The normalized spacial score (nSPS) is 23.5. The molecule has 2 rings (SSSR count). The van der Waals surface area contributed by atoms with Gasteiger partial charge in [0.05, 0.1) is 7.11 Å². The van der Waals surface area contributed by atoms with E-state index in [1.54, 1.807) is 18.2 Å². The topological polar surface area (TPSA) is 96.0 Å². The molecule has 0 saturated carbocycles. The summed E-state index contributed by atoms with van der Waals surface area (Å²) in [5, 5.41) is 18.6. The van der Waals surface area contributed by atoms with Crippen LogP contribution in [-0.2, 0) is 11.3 Å². The number of benzene rings is 1. The van der Waals surface area contributed by atoms with E-state index in [0.717, 1.165) is 5.56 Å². The summed E-state index contributed by atoms with van der Waals surface area (Å²) in [6.07, 6.45) is 0.442. The third-order valence-electron chi connectivity index (χ3n) is 3.46. The lowest BCUT2D eigenvalue weighted by Crippen LogP contribution is -2.50. The van der Waals surface area contributed by atoms with Crippen LogP contribution < -0.4 is 10.5 Å². The molecule has 4 N–H and O–H groups in total. The van der Waals surface area contributed by atoms with Crippen LogP contribution in [0.5, 0.6) is 11.5 Å². The molecule has 1 aliphatic heterocycles. The van der Waals surface area contributed by atoms with Gasteiger partial charge in [-0.2, -0.15) is 0 Å². The van der Waals surface area contributed by atoms with Gasteiger partial charge in [0.25, 0.3) is 0 Å². The van der Waals surface area contributed by atoms with E-state index in [9.17, 15) is 9.90 Å². The molecule has 1 saturated heterocycles. The Kier molecular flexibility index (Phi) is 3.64. The third-order valence-corrected chi connectivity index (χ3v) is 3.46. The predicted molar refractivity (Wildman–Crippen MR) is 69.1 cm³/mol. The summed E-state index contributed by atoms with van der Waals surface area (Å²) < 4.78 is 5.04. The molecule has 0 aromatic heterocycles. The van der Waals surface area contributed by atoms with Gasteiger partial charge in [-0.1, -0.05) is 6.07 Å². The molecular weight excluding hydrogens is 248 g/mol. The lowest BCUT2D eigenvalue weighted by Gasteiger charge is -2.20. The molecule has 0 bridgehead atoms. The number of aromatic hydroxyl groups is 1. The smallest absolute Gasteiger partial charge is 0.325 e. The maximum absolute atomic E-state index is 11.1. The zero-order valence-electron chi connectivity index (χ0n) is 10.8. The van der Waals surface area contributed by atoms with Crippen molar-refractivity contribution in [3.8, 4) is 11.5 Å². The highest BCUT2D eigenvalue weighted by Crippen LogP contribution is 2.28. The van der Waals surface area contributed by atoms with Crippen LogP contribution in [0.15, 0.2) is 18.2 Å². The van der Waals surface area contributed by atoms with Crippen molar-refractivity contribution >= 4 is 5.97 Å². The highest BCUT2D eigenvalue weighted by molar-refractivity contribution is 5.79. The van der Waals surface area contributed by atoms with Gasteiger partial charge in [0, 0.05) is 19.6 Å². The highest BCUT2D eigenvalue weighted by Gasteiger charge is 2.41. The average molecular weight is 266 g/mol. The molecule has 0 aliphatic carbocycles.